The minimum absolute atomic E-state index is 0.0328. The van der Waals surface area contributed by atoms with Crippen molar-refractivity contribution in [2.45, 2.75) is 26.8 Å². The molecule has 2 atom stereocenters. The molecule has 23 heavy (non-hydrogen) atoms. The van der Waals surface area contributed by atoms with Crippen LogP contribution in [0.2, 0.25) is 0 Å². The Morgan fingerprint density at radius 2 is 2.22 bits per heavy atom. The van der Waals surface area contributed by atoms with E-state index in [4.69, 9.17) is 9.15 Å². The van der Waals surface area contributed by atoms with E-state index < -0.39 is 0 Å². The van der Waals surface area contributed by atoms with Gasteiger partial charge in [0.05, 0.1) is 18.8 Å². The highest BCUT2D eigenvalue weighted by atomic mass is 16.5. The van der Waals surface area contributed by atoms with Crippen molar-refractivity contribution in [1.82, 2.24) is 4.90 Å². The Morgan fingerprint density at radius 1 is 1.39 bits per heavy atom. The summed E-state index contributed by atoms with van der Waals surface area (Å²) in [5, 5.41) is 1.13. The molecule has 0 spiro atoms. The highest BCUT2D eigenvalue weighted by molar-refractivity contribution is 5.80. The SMILES string of the molecule is COC(=O)[C@@]12CN(Cc3ccc4occc4c3)C[C@@H]1C(C)(C)C2. The van der Waals surface area contributed by atoms with Crippen LogP contribution in [0.4, 0.5) is 0 Å². The second kappa shape index (κ2) is 4.84. The highest BCUT2D eigenvalue weighted by Crippen LogP contribution is 2.63. The molecule has 2 heterocycles. The van der Waals surface area contributed by atoms with E-state index in [9.17, 15) is 4.79 Å². The molecular weight excluding hydrogens is 290 g/mol. The first-order valence-electron chi connectivity index (χ1n) is 8.21. The Kier molecular flexibility index (Phi) is 3.11. The fourth-order valence-electron chi connectivity index (χ4n) is 4.96. The van der Waals surface area contributed by atoms with Gasteiger partial charge in [-0.05, 0) is 41.5 Å². The number of likely N-dealkylation sites (tertiary alicyclic amines) is 1. The van der Waals surface area contributed by atoms with Gasteiger partial charge in [0, 0.05) is 25.0 Å². The Balaban J connectivity index is 1.56. The third-order valence-corrected chi connectivity index (χ3v) is 5.84. The number of esters is 1. The second-order valence-electron chi connectivity index (χ2n) is 7.83. The van der Waals surface area contributed by atoms with Gasteiger partial charge in [-0.1, -0.05) is 19.9 Å². The molecule has 4 heteroatoms. The Morgan fingerprint density at radius 3 is 2.96 bits per heavy atom. The number of nitrogens with zero attached hydrogens (tertiary/aromatic N) is 1. The number of carbonyl (C=O) groups excluding carboxylic acids is 1. The van der Waals surface area contributed by atoms with E-state index in [1.807, 2.05) is 12.1 Å². The number of carbonyl (C=O) groups is 1. The smallest absolute Gasteiger partial charge is 0.313 e. The van der Waals surface area contributed by atoms with Gasteiger partial charge in [-0.3, -0.25) is 9.69 Å². The van der Waals surface area contributed by atoms with Crippen LogP contribution in [0.3, 0.4) is 0 Å². The van der Waals surface area contributed by atoms with Crippen LogP contribution in [-0.2, 0) is 16.1 Å². The maximum Gasteiger partial charge on any atom is 0.313 e. The van der Waals surface area contributed by atoms with Crippen LogP contribution < -0.4 is 0 Å². The van der Waals surface area contributed by atoms with Gasteiger partial charge in [0.2, 0.25) is 0 Å². The molecule has 2 aromatic rings. The fraction of sp³-hybridized carbons (Fsp3) is 0.526. The van der Waals surface area contributed by atoms with Gasteiger partial charge in [0.15, 0.2) is 0 Å². The molecule has 0 radical (unpaired) electrons. The molecule has 1 aromatic heterocycles. The average Bonchev–Trinajstić information content (AvgIpc) is 3.09. The summed E-state index contributed by atoms with van der Waals surface area (Å²) < 4.78 is 10.5. The predicted molar refractivity (Wildman–Crippen MR) is 87.8 cm³/mol. The first kappa shape index (κ1) is 14.8. The third kappa shape index (κ3) is 2.12. The number of hydrogen-bond acceptors (Lipinski definition) is 4. The second-order valence-corrected chi connectivity index (χ2v) is 7.83. The summed E-state index contributed by atoms with van der Waals surface area (Å²) in [6.45, 7) is 7.16. The number of benzene rings is 1. The molecule has 0 amide bonds. The van der Waals surface area contributed by atoms with E-state index >= 15 is 0 Å². The fourth-order valence-corrected chi connectivity index (χ4v) is 4.96. The Bertz CT molecular complexity index is 763. The summed E-state index contributed by atoms with van der Waals surface area (Å²) in [7, 11) is 1.51. The molecule has 1 saturated heterocycles. The maximum atomic E-state index is 12.4. The molecule has 1 aliphatic heterocycles. The summed E-state index contributed by atoms with van der Waals surface area (Å²) in [5.41, 5.74) is 2.11. The van der Waals surface area contributed by atoms with Crippen LogP contribution in [0.15, 0.2) is 34.9 Å². The van der Waals surface area contributed by atoms with Crippen molar-refractivity contribution in [1.29, 1.82) is 0 Å². The zero-order chi connectivity index (χ0) is 16.2. The molecule has 0 N–H and O–H groups in total. The molecule has 1 aliphatic carbocycles. The number of methoxy groups -OCH3 is 1. The molecule has 1 saturated carbocycles. The van der Waals surface area contributed by atoms with Crippen molar-refractivity contribution < 1.29 is 13.9 Å². The van der Waals surface area contributed by atoms with Gasteiger partial charge in [-0.25, -0.2) is 0 Å². The van der Waals surface area contributed by atoms with Crippen LogP contribution in [0.5, 0.6) is 0 Å². The lowest BCUT2D eigenvalue weighted by atomic mass is 9.48. The van der Waals surface area contributed by atoms with E-state index in [1.54, 1.807) is 6.26 Å². The van der Waals surface area contributed by atoms with E-state index in [0.717, 1.165) is 37.0 Å². The van der Waals surface area contributed by atoms with Gasteiger partial charge >= 0.3 is 5.97 Å². The minimum atomic E-state index is -0.294. The van der Waals surface area contributed by atoms with Crippen molar-refractivity contribution in [3.63, 3.8) is 0 Å². The van der Waals surface area contributed by atoms with E-state index in [2.05, 4.69) is 30.9 Å². The minimum Gasteiger partial charge on any atom is -0.469 e. The summed E-state index contributed by atoms with van der Waals surface area (Å²) in [6, 6.07) is 8.30. The number of fused-ring (bicyclic) bond motifs is 2. The van der Waals surface area contributed by atoms with Gasteiger partial charge in [0.1, 0.15) is 5.58 Å². The van der Waals surface area contributed by atoms with Gasteiger partial charge < -0.3 is 9.15 Å². The van der Waals surface area contributed by atoms with Crippen molar-refractivity contribution in [2.75, 3.05) is 20.2 Å². The lowest BCUT2D eigenvalue weighted by molar-refractivity contribution is -0.174. The normalized spacial score (nSPS) is 29.3. The van der Waals surface area contributed by atoms with E-state index in [-0.39, 0.29) is 16.8 Å². The zero-order valence-electron chi connectivity index (χ0n) is 14.0. The molecule has 4 nitrogen and oxygen atoms in total. The molecule has 2 aliphatic rings. The first-order valence-corrected chi connectivity index (χ1v) is 8.21. The quantitative estimate of drug-likeness (QED) is 0.814. The molecular formula is C19H23NO3. The molecule has 122 valence electrons. The third-order valence-electron chi connectivity index (χ3n) is 5.84. The lowest BCUT2D eigenvalue weighted by Crippen LogP contribution is -2.57. The van der Waals surface area contributed by atoms with Crippen molar-refractivity contribution in [2.24, 2.45) is 16.7 Å². The van der Waals surface area contributed by atoms with E-state index in [1.165, 1.54) is 12.7 Å². The van der Waals surface area contributed by atoms with Crippen LogP contribution in [0.25, 0.3) is 11.0 Å². The summed E-state index contributed by atoms with van der Waals surface area (Å²) in [6.07, 6.45) is 2.65. The van der Waals surface area contributed by atoms with Crippen molar-refractivity contribution >= 4 is 16.9 Å². The number of furan rings is 1. The van der Waals surface area contributed by atoms with E-state index in [0.29, 0.717) is 5.92 Å². The summed E-state index contributed by atoms with van der Waals surface area (Å²) in [5.74, 6) is 0.356. The maximum absolute atomic E-state index is 12.4. The standard InChI is InChI=1S/C19H23NO3/c1-18(2)11-19(17(21)22-3)12-20(10-16(18)19)9-13-4-5-15-14(8-13)6-7-23-15/h4-8,16H,9-12H2,1-3H3/t16-,19+/m1/s1. The van der Waals surface area contributed by atoms with Crippen LogP contribution >= 0.6 is 0 Å². The summed E-state index contributed by atoms with van der Waals surface area (Å²) >= 11 is 0. The topological polar surface area (TPSA) is 42.7 Å². The molecule has 1 aromatic carbocycles. The van der Waals surface area contributed by atoms with Gasteiger partial charge in [0.25, 0.3) is 0 Å². The first-order chi connectivity index (χ1) is 10.9. The zero-order valence-corrected chi connectivity index (χ0v) is 14.0. The molecule has 0 unspecified atom stereocenters. The average molecular weight is 313 g/mol. The Hall–Kier alpha value is -1.81. The van der Waals surface area contributed by atoms with Crippen molar-refractivity contribution in [3.8, 4) is 0 Å². The number of hydrogen-bond donors (Lipinski definition) is 0. The predicted octanol–water partition coefficient (Wildman–Crippen LogP) is 3.45. The van der Waals surface area contributed by atoms with Crippen LogP contribution in [0, 0.1) is 16.7 Å². The summed E-state index contributed by atoms with van der Waals surface area (Å²) in [4.78, 5) is 14.8. The highest BCUT2D eigenvalue weighted by Gasteiger charge is 2.67. The molecule has 4 rings (SSSR count). The van der Waals surface area contributed by atoms with Gasteiger partial charge in [-0.2, -0.15) is 0 Å². The van der Waals surface area contributed by atoms with Gasteiger partial charge in [-0.15, -0.1) is 0 Å². The van der Waals surface area contributed by atoms with Crippen molar-refractivity contribution in [3.05, 3.63) is 36.1 Å². The molecule has 2 fully saturated rings. The Labute approximate surface area is 136 Å². The largest absolute Gasteiger partial charge is 0.469 e. The van der Waals surface area contributed by atoms with Crippen LogP contribution in [0.1, 0.15) is 25.8 Å². The molecule has 0 bridgehead atoms. The van der Waals surface area contributed by atoms with Crippen LogP contribution in [-0.4, -0.2) is 31.1 Å². The monoisotopic (exact) mass is 313 g/mol. The number of ether oxygens (including phenoxy) is 1. The number of rotatable bonds is 3. The lowest BCUT2D eigenvalue weighted by Gasteiger charge is -2.54.